The van der Waals surface area contributed by atoms with Crippen LogP contribution in [0.3, 0.4) is 0 Å². The van der Waals surface area contributed by atoms with Gasteiger partial charge in [-0.3, -0.25) is 4.79 Å². The smallest absolute Gasteiger partial charge is 0.210 e. The Morgan fingerprint density at radius 2 is 1.53 bits per heavy atom. The van der Waals surface area contributed by atoms with Gasteiger partial charge < -0.3 is 11.5 Å². The van der Waals surface area contributed by atoms with E-state index in [4.69, 9.17) is 11.5 Å². The van der Waals surface area contributed by atoms with Crippen molar-refractivity contribution in [3.63, 3.8) is 0 Å². The third-order valence-electron chi connectivity index (χ3n) is 1.71. The van der Waals surface area contributed by atoms with Crippen molar-refractivity contribution in [2.24, 2.45) is 11.5 Å². The van der Waals surface area contributed by atoms with E-state index >= 15 is 0 Å². The summed E-state index contributed by atoms with van der Waals surface area (Å²) in [4.78, 5) is 11.5. The Labute approximate surface area is 90.8 Å². The first-order valence-electron chi connectivity index (χ1n) is 4.94. The maximum absolute atomic E-state index is 11.5. The summed E-state index contributed by atoms with van der Waals surface area (Å²) in [7, 11) is 0. The minimum Gasteiger partial charge on any atom is -0.400 e. The molecule has 15 heavy (non-hydrogen) atoms. The molecule has 0 atom stereocenters. The molecule has 82 valence electrons. The minimum atomic E-state index is -0.222. The van der Waals surface area contributed by atoms with E-state index in [0.717, 1.165) is 0 Å². The maximum Gasteiger partial charge on any atom is 0.210 e. The summed E-state index contributed by atoms with van der Waals surface area (Å²) in [5.74, 6) is -0.222. The van der Waals surface area contributed by atoms with E-state index in [1.165, 1.54) is 0 Å². The molecule has 0 saturated carbocycles. The number of Topliss-reactive ketones (excluding diaryl/α,β-unsaturated/α-hetero) is 1. The summed E-state index contributed by atoms with van der Waals surface area (Å²) < 4.78 is 0. The number of allylic oxidation sites excluding steroid dienone is 2. The predicted octanol–water partition coefficient (Wildman–Crippen LogP) is 2.04. The maximum atomic E-state index is 11.5. The highest BCUT2D eigenvalue weighted by molar-refractivity contribution is 6.08. The molecular formula is C12H18N2O. The van der Waals surface area contributed by atoms with E-state index < -0.39 is 0 Å². The topological polar surface area (TPSA) is 69.1 Å². The van der Waals surface area contributed by atoms with Gasteiger partial charge in [-0.05, 0) is 6.92 Å². The number of benzene rings is 1. The SMILES string of the molecule is C/C(N)=C(/N)C(=O)c1ccccc1.CC. The van der Waals surface area contributed by atoms with E-state index in [9.17, 15) is 4.79 Å². The van der Waals surface area contributed by atoms with Gasteiger partial charge in [-0.2, -0.15) is 0 Å². The van der Waals surface area contributed by atoms with Crippen LogP contribution >= 0.6 is 0 Å². The average Bonchev–Trinajstić information content (AvgIpc) is 2.31. The highest BCUT2D eigenvalue weighted by Gasteiger charge is 2.09. The molecule has 3 heteroatoms. The number of rotatable bonds is 2. The van der Waals surface area contributed by atoms with Crippen LogP contribution in [0.25, 0.3) is 0 Å². The van der Waals surface area contributed by atoms with Gasteiger partial charge in [-0.15, -0.1) is 0 Å². The zero-order chi connectivity index (χ0) is 11.8. The molecule has 1 aromatic carbocycles. The van der Waals surface area contributed by atoms with Crippen LogP contribution in [0.2, 0.25) is 0 Å². The predicted molar refractivity (Wildman–Crippen MR) is 63.2 cm³/mol. The van der Waals surface area contributed by atoms with Crippen molar-refractivity contribution in [3.8, 4) is 0 Å². The summed E-state index contributed by atoms with van der Waals surface area (Å²) in [5.41, 5.74) is 11.9. The Morgan fingerprint density at radius 3 is 1.93 bits per heavy atom. The van der Waals surface area contributed by atoms with E-state index in [1.807, 2.05) is 19.9 Å². The van der Waals surface area contributed by atoms with Crippen molar-refractivity contribution in [1.82, 2.24) is 0 Å². The zero-order valence-electron chi connectivity index (χ0n) is 9.45. The lowest BCUT2D eigenvalue weighted by Crippen LogP contribution is -2.16. The molecule has 0 aliphatic heterocycles. The normalized spacial score (nSPS) is 10.9. The van der Waals surface area contributed by atoms with Gasteiger partial charge in [0.05, 0.1) is 5.70 Å². The van der Waals surface area contributed by atoms with Gasteiger partial charge in [0.15, 0.2) is 0 Å². The minimum absolute atomic E-state index is 0.117. The third kappa shape index (κ3) is 3.85. The Kier molecular flexibility index (Phi) is 5.86. The number of hydrogen-bond acceptors (Lipinski definition) is 3. The van der Waals surface area contributed by atoms with Crippen LogP contribution in [0.1, 0.15) is 31.1 Å². The van der Waals surface area contributed by atoms with E-state index in [1.54, 1.807) is 31.2 Å². The number of carbonyl (C=O) groups excluding carboxylic acids is 1. The summed E-state index contributed by atoms with van der Waals surface area (Å²) in [6.07, 6.45) is 0. The van der Waals surface area contributed by atoms with Crippen LogP contribution in [-0.4, -0.2) is 5.78 Å². The first-order valence-corrected chi connectivity index (χ1v) is 4.94. The van der Waals surface area contributed by atoms with Crippen LogP contribution in [0, 0.1) is 0 Å². The van der Waals surface area contributed by atoms with Crippen molar-refractivity contribution in [1.29, 1.82) is 0 Å². The summed E-state index contributed by atoms with van der Waals surface area (Å²) in [6.45, 7) is 5.61. The molecule has 1 aromatic rings. The van der Waals surface area contributed by atoms with Gasteiger partial charge in [0, 0.05) is 11.3 Å². The van der Waals surface area contributed by atoms with Gasteiger partial charge in [-0.1, -0.05) is 44.2 Å². The third-order valence-corrected chi connectivity index (χ3v) is 1.71. The van der Waals surface area contributed by atoms with Crippen LogP contribution in [0.5, 0.6) is 0 Å². The fourth-order valence-corrected chi connectivity index (χ4v) is 0.924. The molecule has 0 aromatic heterocycles. The Balaban J connectivity index is 0.000000921. The van der Waals surface area contributed by atoms with Crippen LogP contribution in [0.15, 0.2) is 41.7 Å². The number of nitrogens with two attached hydrogens (primary N) is 2. The fourth-order valence-electron chi connectivity index (χ4n) is 0.924. The molecule has 0 amide bonds. The van der Waals surface area contributed by atoms with Crippen LogP contribution in [-0.2, 0) is 0 Å². The quantitative estimate of drug-likeness (QED) is 0.574. The van der Waals surface area contributed by atoms with Crippen molar-refractivity contribution in [2.45, 2.75) is 20.8 Å². The fraction of sp³-hybridized carbons (Fsp3) is 0.250. The summed E-state index contributed by atoms with van der Waals surface area (Å²) in [6, 6.07) is 8.82. The zero-order valence-corrected chi connectivity index (χ0v) is 9.45. The van der Waals surface area contributed by atoms with Gasteiger partial charge in [-0.25, -0.2) is 0 Å². The lowest BCUT2D eigenvalue weighted by atomic mass is 10.1. The molecule has 0 saturated heterocycles. The van der Waals surface area contributed by atoms with Crippen molar-refractivity contribution >= 4 is 5.78 Å². The highest BCUT2D eigenvalue weighted by atomic mass is 16.1. The number of ketones is 1. The molecule has 0 bridgehead atoms. The van der Waals surface area contributed by atoms with Gasteiger partial charge >= 0.3 is 0 Å². The molecule has 0 radical (unpaired) electrons. The van der Waals surface area contributed by atoms with E-state index in [0.29, 0.717) is 11.3 Å². The Bertz CT molecular complexity index is 338. The summed E-state index contributed by atoms with van der Waals surface area (Å²) in [5, 5.41) is 0. The first kappa shape index (κ1) is 13.2. The molecule has 0 aliphatic carbocycles. The molecule has 0 heterocycles. The second-order valence-electron chi connectivity index (χ2n) is 2.79. The van der Waals surface area contributed by atoms with E-state index in [-0.39, 0.29) is 11.5 Å². The average molecular weight is 206 g/mol. The molecule has 4 N–H and O–H groups in total. The number of hydrogen-bond donors (Lipinski definition) is 2. The van der Waals surface area contributed by atoms with Crippen LogP contribution < -0.4 is 11.5 Å². The lowest BCUT2D eigenvalue weighted by molar-refractivity contribution is 0.103. The van der Waals surface area contributed by atoms with E-state index in [2.05, 4.69) is 0 Å². The monoisotopic (exact) mass is 206 g/mol. The molecular weight excluding hydrogens is 188 g/mol. The highest BCUT2D eigenvalue weighted by Crippen LogP contribution is 2.05. The van der Waals surface area contributed by atoms with Gasteiger partial charge in [0.2, 0.25) is 5.78 Å². The second-order valence-corrected chi connectivity index (χ2v) is 2.79. The largest absolute Gasteiger partial charge is 0.400 e. The van der Waals surface area contributed by atoms with Crippen molar-refractivity contribution in [2.75, 3.05) is 0 Å². The Hall–Kier alpha value is -1.77. The Morgan fingerprint density at radius 1 is 1.07 bits per heavy atom. The second kappa shape index (κ2) is 6.65. The van der Waals surface area contributed by atoms with Crippen LogP contribution in [0.4, 0.5) is 0 Å². The molecule has 1 rings (SSSR count). The summed E-state index contributed by atoms with van der Waals surface area (Å²) >= 11 is 0. The van der Waals surface area contributed by atoms with Crippen molar-refractivity contribution in [3.05, 3.63) is 47.3 Å². The molecule has 0 unspecified atom stereocenters. The first-order chi connectivity index (χ1) is 7.13. The standard InChI is InChI=1S/C10H12N2O.C2H6/c1-7(11)9(12)10(13)8-5-3-2-4-6-8;1-2/h2-6H,11-12H2,1H3;1-2H3/b9-7-;. The van der Waals surface area contributed by atoms with Gasteiger partial charge in [0.25, 0.3) is 0 Å². The molecule has 3 nitrogen and oxygen atoms in total. The van der Waals surface area contributed by atoms with Crippen molar-refractivity contribution < 1.29 is 4.79 Å². The molecule has 0 spiro atoms. The lowest BCUT2D eigenvalue weighted by Gasteiger charge is -2.02. The molecule has 0 aliphatic rings. The molecule has 0 fully saturated rings. The number of carbonyl (C=O) groups is 1. The van der Waals surface area contributed by atoms with Gasteiger partial charge in [0.1, 0.15) is 0 Å².